The van der Waals surface area contributed by atoms with Crippen molar-refractivity contribution in [2.75, 3.05) is 13.1 Å². The van der Waals surface area contributed by atoms with Crippen molar-refractivity contribution in [1.29, 1.82) is 0 Å². The summed E-state index contributed by atoms with van der Waals surface area (Å²) in [7, 11) is 0. The molecular formula is C14H26N2O. The predicted octanol–water partition coefficient (Wildman–Crippen LogP) is 2.30. The normalized spacial score (nSPS) is 27.1. The Morgan fingerprint density at radius 3 is 2.35 bits per heavy atom. The Labute approximate surface area is 105 Å². The number of likely N-dealkylation sites (tertiary alicyclic amines) is 1. The molecule has 0 aromatic carbocycles. The molecule has 0 atom stereocenters. The fraction of sp³-hybridized carbons (Fsp3) is 0.929. The Hall–Kier alpha value is -0.570. The van der Waals surface area contributed by atoms with Gasteiger partial charge in [-0.05, 0) is 24.7 Å². The lowest BCUT2D eigenvalue weighted by molar-refractivity contribution is -0.132. The van der Waals surface area contributed by atoms with Crippen LogP contribution in [0.1, 0.15) is 58.8 Å². The van der Waals surface area contributed by atoms with Gasteiger partial charge in [-0.15, -0.1) is 0 Å². The molecule has 2 fully saturated rings. The van der Waals surface area contributed by atoms with E-state index in [2.05, 4.69) is 13.8 Å². The number of carbonyl (C=O) groups excluding carboxylic acids is 1. The molecule has 17 heavy (non-hydrogen) atoms. The van der Waals surface area contributed by atoms with Crippen LogP contribution in [0.15, 0.2) is 0 Å². The first-order chi connectivity index (χ1) is 7.90. The molecule has 1 aliphatic carbocycles. The van der Waals surface area contributed by atoms with Gasteiger partial charge in [0.2, 0.25) is 5.91 Å². The van der Waals surface area contributed by atoms with Gasteiger partial charge in [0.1, 0.15) is 0 Å². The predicted molar refractivity (Wildman–Crippen MR) is 69.6 cm³/mol. The minimum atomic E-state index is -0.206. The summed E-state index contributed by atoms with van der Waals surface area (Å²) in [6.07, 6.45) is 7.39. The van der Waals surface area contributed by atoms with Crippen molar-refractivity contribution in [3.8, 4) is 0 Å². The Kier molecular flexibility index (Phi) is 3.48. The zero-order valence-corrected chi connectivity index (χ0v) is 11.3. The van der Waals surface area contributed by atoms with Crippen LogP contribution in [0.25, 0.3) is 0 Å². The lowest BCUT2D eigenvalue weighted by atomic mass is 9.80. The molecule has 1 amide bonds. The maximum Gasteiger partial charge on any atom is 0.224 e. The quantitative estimate of drug-likeness (QED) is 0.802. The summed E-state index contributed by atoms with van der Waals surface area (Å²) in [6, 6.07) is 0. The summed E-state index contributed by atoms with van der Waals surface area (Å²) in [5, 5.41) is 0. The van der Waals surface area contributed by atoms with E-state index in [9.17, 15) is 4.79 Å². The third-order valence-electron chi connectivity index (χ3n) is 4.38. The van der Waals surface area contributed by atoms with Crippen LogP contribution in [0.2, 0.25) is 0 Å². The number of hydrogen-bond acceptors (Lipinski definition) is 2. The van der Waals surface area contributed by atoms with Crippen molar-refractivity contribution in [3.05, 3.63) is 0 Å². The van der Waals surface area contributed by atoms with Gasteiger partial charge in [-0.1, -0.05) is 33.1 Å². The number of rotatable bonds is 2. The van der Waals surface area contributed by atoms with E-state index in [1.807, 2.05) is 4.90 Å². The molecule has 3 nitrogen and oxygen atoms in total. The van der Waals surface area contributed by atoms with E-state index in [1.54, 1.807) is 0 Å². The third kappa shape index (κ3) is 3.21. The highest BCUT2D eigenvalue weighted by atomic mass is 16.2. The summed E-state index contributed by atoms with van der Waals surface area (Å²) in [5.41, 5.74) is 6.44. The van der Waals surface area contributed by atoms with Gasteiger partial charge >= 0.3 is 0 Å². The van der Waals surface area contributed by atoms with Gasteiger partial charge in [-0.2, -0.15) is 0 Å². The van der Waals surface area contributed by atoms with Crippen LogP contribution in [-0.2, 0) is 4.79 Å². The second-order valence-corrected chi connectivity index (χ2v) is 6.83. The Morgan fingerprint density at radius 2 is 1.82 bits per heavy atom. The number of nitrogens with two attached hydrogens (primary N) is 1. The molecule has 1 aliphatic heterocycles. The van der Waals surface area contributed by atoms with Gasteiger partial charge in [0, 0.05) is 25.0 Å². The fourth-order valence-corrected chi connectivity index (χ4v) is 3.17. The highest BCUT2D eigenvalue weighted by Crippen LogP contribution is 2.32. The van der Waals surface area contributed by atoms with E-state index in [0.717, 1.165) is 32.4 Å². The first-order valence-corrected chi connectivity index (χ1v) is 6.97. The zero-order chi connectivity index (χ0) is 12.5. The molecule has 0 unspecified atom stereocenters. The van der Waals surface area contributed by atoms with Gasteiger partial charge < -0.3 is 10.6 Å². The van der Waals surface area contributed by atoms with Crippen molar-refractivity contribution < 1.29 is 4.79 Å². The SMILES string of the molecule is CC1(C)CCN(C(=O)CC2(N)CCCCC2)C1. The number of carbonyl (C=O) groups is 1. The van der Waals surface area contributed by atoms with Gasteiger partial charge in [0.05, 0.1) is 0 Å². The van der Waals surface area contributed by atoms with Crippen LogP contribution >= 0.6 is 0 Å². The molecule has 0 aromatic heterocycles. The lowest BCUT2D eigenvalue weighted by Gasteiger charge is -2.34. The van der Waals surface area contributed by atoms with Crippen molar-refractivity contribution in [2.24, 2.45) is 11.1 Å². The molecule has 0 aromatic rings. The summed E-state index contributed by atoms with van der Waals surface area (Å²) in [5.74, 6) is 0.278. The largest absolute Gasteiger partial charge is 0.342 e. The van der Waals surface area contributed by atoms with Crippen molar-refractivity contribution in [1.82, 2.24) is 4.90 Å². The number of hydrogen-bond donors (Lipinski definition) is 1. The van der Waals surface area contributed by atoms with Crippen molar-refractivity contribution >= 4 is 5.91 Å². The first kappa shape index (κ1) is 12.9. The van der Waals surface area contributed by atoms with Gasteiger partial charge in [0.15, 0.2) is 0 Å². The summed E-state index contributed by atoms with van der Waals surface area (Å²) >= 11 is 0. The van der Waals surface area contributed by atoms with Gasteiger partial charge in [-0.25, -0.2) is 0 Å². The van der Waals surface area contributed by atoms with E-state index in [0.29, 0.717) is 11.8 Å². The molecule has 3 heteroatoms. The highest BCUT2D eigenvalue weighted by Gasteiger charge is 2.36. The highest BCUT2D eigenvalue weighted by molar-refractivity contribution is 5.77. The minimum absolute atomic E-state index is 0.206. The van der Waals surface area contributed by atoms with E-state index in [1.165, 1.54) is 19.3 Å². The summed E-state index contributed by atoms with van der Waals surface area (Å²) in [4.78, 5) is 14.3. The number of amides is 1. The van der Waals surface area contributed by atoms with Crippen molar-refractivity contribution in [2.45, 2.75) is 64.3 Å². The molecule has 0 bridgehead atoms. The Balaban J connectivity index is 1.88. The average molecular weight is 238 g/mol. The zero-order valence-electron chi connectivity index (χ0n) is 11.3. The van der Waals surface area contributed by atoms with Crippen molar-refractivity contribution in [3.63, 3.8) is 0 Å². The maximum absolute atomic E-state index is 12.3. The molecule has 2 rings (SSSR count). The molecule has 2 N–H and O–H groups in total. The summed E-state index contributed by atoms with van der Waals surface area (Å²) in [6.45, 7) is 6.29. The molecule has 1 heterocycles. The molecular weight excluding hydrogens is 212 g/mol. The second kappa shape index (κ2) is 4.60. The molecule has 1 saturated heterocycles. The van der Waals surface area contributed by atoms with E-state index in [4.69, 9.17) is 5.73 Å². The third-order valence-corrected chi connectivity index (χ3v) is 4.38. The van der Waals surface area contributed by atoms with Gasteiger partial charge in [-0.3, -0.25) is 4.79 Å². The molecule has 1 saturated carbocycles. The van der Waals surface area contributed by atoms with Crippen LogP contribution in [0.3, 0.4) is 0 Å². The Morgan fingerprint density at radius 1 is 1.18 bits per heavy atom. The van der Waals surface area contributed by atoms with E-state index >= 15 is 0 Å². The molecule has 0 radical (unpaired) electrons. The minimum Gasteiger partial charge on any atom is -0.342 e. The summed E-state index contributed by atoms with van der Waals surface area (Å²) < 4.78 is 0. The van der Waals surface area contributed by atoms with Crippen LogP contribution in [0, 0.1) is 5.41 Å². The standard InChI is InChI=1S/C14H26N2O/c1-13(2)8-9-16(11-13)12(17)10-14(15)6-4-3-5-7-14/h3-11,15H2,1-2H3. The molecule has 0 spiro atoms. The van der Waals surface area contributed by atoms with Crippen LogP contribution in [0.4, 0.5) is 0 Å². The van der Waals surface area contributed by atoms with Crippen LogP contribution in [-0.4, -0.2) is 29.4 Å². The van der Waals surface area contributed by atoms with Crippen LogP contribution < -0.4 is 5.73 Å². The van der Waals surface area contributed by atoms with E-state index < -0.39 is 0 Å². The van der Waals surface area contributed by atoms with Gasteiger partial charge in [0.25, 0.3) is 0 Å². The second-order valence-electron chi connectivity index (χ2n) is 6.83. The lowest BCUT2D eigenvalue weighted by Crippen LogP contribution is -2.46. The topological polar surface area (TPSA) is 46.3 Å². The molecule has 2 aliphatic rings. The smallest absolute Gasteiger partial charge is 0.224 e. The molecule has 98 valence electrons. The van der Waals surface area contributed by atoms with Crippen LogP contribution in [0.5, 0.6) is 0 Å². The fourth-order valence-electron chi connectivity index (χ4n) is 3.17. The monoisotopic (exact) mass is 238 g/mol. The first-order valence-electron chi connectivity index (χ1n) is 6.97. The number of nitrogens with zero attached hydrogens (tertiary/aromatic N) is 1. The maximum atomic E-state index is 12.3. The van der Waals surface area contributed by atoms with E-state index in [-0.39, 0.29) is 11.4 Å². The average Bonchev–Trinajstić information content (AvgIpc) is 2.59. The Bertz CT molecular complexity index is 293.